The van der Waals surface area contributed by atoms with Crippen LogP contribution >= 0.6 is 11.8 Å². The monoisotopic (exact) mass is 373 g/mol. The van der Waals surface area contributed by atoms with Crippen molar-refractivity contribution in [3.05, 3.63) is 59.4 Å². The van der Waals surface area contributed by atoms with Crippen molar-refractivity contribution in [1.82, 2.24) is 5.32 Å². The number of amidine groups is 1. The van der Waals surface area contributed by atoms with Crippen LogP contribution in [-0.2, 0) is 11.2 Å². The third-order valence-electron chi connectivity index (χ3n) is 3.67. The average molecular weight is 373 g/mol. The molecule has 134 valence electrons. The Kier molecular flexibility index (Phi) is 5.52. The van der Waals surface area contributed by atoms with Crippen LogP contribution in [0, 0.1) is 5.82 Å². The number of benzene rings is 2. The summed E-state index contributed by atoms with van der Waals surface area (Å²) in [5, 5.41) is 20.3. The van der Waals surface area contributed by atoms with Crippen LogP contribution < -0.4 is 10.1 Å². The van der Waals surface area contributed by atoms with Gasteiger partial charge in [0.1, 0.15) is 5.82 Å². The number of aromatic hydroxyl groups is 1. The molecule has 8 heteroatoms. The minimum absolute atomic E-state index is 0.0400. The molecule has 1 aliphatic rings. The molecular formula is C18H16FN3O3S. The van der Waals surface area contributed by atoms with Gasteiger partial charge in [-0.05, 0) is 47.9 Å². The van der Waals surface area contributed by atoms with Crippen LogP contribution in [0.3, 0.4) is 0 Å². The third-order valence-corrected chi connectivity index (χ3v) is 4.74. The average Bonchev–Trinajstić information content (AvgIpc) is 2.98. The summed E-state index contributed by atoms with van der Waals surface area (Å²) in [5.74, 6) is -0.0815. The lowest BCUT2D eigenvalue weighted by atomic mass is 10.1. The Labute approximate surface area is 153 Å². The highest BCUT2D eigenvalue weighted by Gasteiger charge is 2.30. The van der Waals surface area contributed by atoms with Crippen LogP contribution in [0.15, 0.2) is 52.7 Å². The molecule has 26 heavy (non-hydrogen) atoms. The van der Waals surface area contributed by atoms with E-state index in [1.807, 2.05) is 0 Å². The zero-order valence-electron chi connectivity index (χ0n) is 13.8. The molecule has 0 spiro atoms. The minimum atomic E-state index is -0.330. The second-order valence-electron chi connectivity index (χ2n) is 5.51. The first-order valence-electron chi connectivity index (χ1n) is 7.75. The lowest BCUT2D eigenvalue weighted by molar-refractivity contribution is -0.118. The number of phenols is 1. The summed E-state index contributed by atoms with van der Waals surface area (Å²) < 4.78 is 18.0. The van der Waals surface area contributed by atoms with Crippen molar-refractivity contribution in [2.24, 2.45) is 10.2 Å². The third kappa shape index (κ3) is 4.40. The van der Waals surface area contributed by atoms with Gasteiger partial charge in [0.2, 0.25) is 5.91 Å². The molecule has 1 fully saturated rings. The Morgan fingerprint density at radius 2 is 2.08 bits per heavy atom. The molecule has 2 N–H and O–H groups in total. The summed E-state index contributed by atoms with van der Waals surface area (Å²) in [5.41, 5.74) is 1.57. The molecule has 0 saturated carbocycles. The van der Waals surface area contributed by atoms with Crippen molar-refractivity contribution in [3.8, 4) is 11.5 Å². The van der Waals surface area contributed by atoms with Gasteiger partial charge >= 0.3 is 0 Å². The molecule has 6 nitrogen and oxygen atoms in total. The summed E-state index contributed by atoms with van der Waals surface area (Å²) in [6.07, 6.45) is 1.98. The van der Waals surface area contributed by atoms with Crippen LogP contribution in [0.4, 0.5) is 4.39 Å². The number of thioether (sulfide) groups is 1. The van der Waals surface area contributed by atoms with Gasteiger partial charge in [-0.1, -0.05) is 23.9 Å². The molecule has 0 radical (unpaired) electrons. The number of nitrogens with zero attached hydrogens (tertiary/aromatic N) is 2. The van der Waals surface area contributed by atoms with Gasteiger partial charge < -0.3 is 15.2 Å². The van der Waals surface area contributed by atoms with Crippen molar-refractivity contribution in [2.45, 2.75) is 11.7 Å². The van der Waals surface area contributed by atoms with Crippen LogP contribution in [0.2, 0.25) is 0 Å². The second-order valence-corrected chi connectivity index (χ2v) is 6.70. The van der Waals surface area contributed by atoms with Gasteiger partial charge in [0.05, 0.1) is 18.6 Å². The number of carbonyl (C=O) groups excluding carboxylic acids is 1. The van der Waals surface area contributed by atoms with Gasteiger partial charge in [0, 0.05) is 0 Å². The Hall–Kier alpha value is -2.87. The number of nitrogens with one attached hydrogen (secondary N) is 1. The first-order valence-corrected chi connectivity index (χ1v) is 8.63. The van der Waals surface area contributed by atoms with E-state index < -0.39 is 0 Å². The molecule has 3 rings (SSSR count). The van der Waals surface area contributed by atoms with Crippen molar-refractivity contribution in [2.75, 3.05) is 7.11 Å². The fourth-order valence-corrected chi connectivity index (χ4v) is 3.31. The van der Waals surface area contributed by atoms with Gasteiger partial charge in [-0.15, -0.1) is 5.10 Å². The number of hydrogen-bond donors (Lipinski definition) is 2. The van der Waals surface area contributed by atoms with Crippen LogP contribution in [0.25, 0.3) is 0 Å². The molecule has 1 atom stereocenters. The summed E-state index contributed by atoms with van der Waals surface area (Å²) in [4.78, 5) is 12.0. The molecule has 1 aliphatic heterocycles. The van der Waals surface area contributed by atoms with Crippen molar-refractivity contribution in [1.29, 1.82) is 0 Å². The van der Waals surface area contributed by atoms with E-state index in [0.717, 1.165) is 5.56 Å². The first kappa shape index (κ1) is 17.9. The SMILES string of the molecule is COc1cc(/C=N\N=C2/NC(=O)[C@H](Cc3ccc(F)cc3)S2)ccc1O. The van der Waals surface area contributed by atoms with Crippen molar-refractivity contribution in [3.63, 3.8) is 0 Å². The zero-order valence-corrected chi connectivity index (χ0v) is 14.7. The second kappa shape index (κ2) is 8.01. The molecule has 2 aromatic carbocycles. The van der Waals surface area contributed by atoms with Gasteiger partial charge in [-0.2, -0.15) is 5.10 Å². The molecule has 0 aliphatic carbocycles. The van der Waals surface area contributed by atoms with E-state index in [-0.39, 0.29) is 22.7 Å². The Bertz CT molecular complexity index is 868. The summed E-state index contributed by atoms with van der Waals surface area (Å²) >= 11 is 1.28. The van der Waals surface area contributed by atoms with Crippen molar-refractivity contribution < 1.29 is 19.0 Å². The number of phenolic OH excluding ortho intramolecular Hbond substituents is 1. The Morgan fingerprint density at radius 1 is 1.31 bits per heavy atom. The molecule has 1 saturated heterocycles. The predicted octanol–water partition coefficient (Wildman–Crippen LogP) is 2.70. The normalized spacial score (nSPS) is 18.5. The van der Waals surface area contributed by atoms with Crippen LogP contribution in [0.5, 0.6) is 11.5 Å². The number of halogens is 1. The smallest absolute Gasteiger partial charge is 0.239 e. The standard InChI is InChI=1S/C18H16FN3O3S/c1-25-15-8-12(4-7-14(15)23)10-20-22-18-21-17(24)16(26-18)9-11-2-5-13(19)6-3-11/h2-8,10,16,23H,9H2,1H3,(H,21,22,24)/b20-10-/t16-/m0/s1. The van der Waals surface area contributed by atoms with E-state index >= 15 is 0 Å². The van der Waals surface area contributed by atoms with Gasteiger partial charge in [0.15, 0.2) is 16.7 Å². The van der Waals surface area contributed by atoms with E-state index in [4.69, 9.17) is 4.74 Å². The molecule has 1 heterocycles. The lowest BCUT2D eigenvalue weighted by Crippen LogP contribution is -2.25. The summed E-state index contributed by atoms with van der Waals surface area (Å²) in [6, 6.07) is 10.9. The molecule has 0 bridgehead atoms. The summed E-state index contributed by atoms with van der Waals surface area (Å²) in [7, 11) is 1.46. The maximum Gasteiger partial charge on any atom is 0.239 e. The van der Waals surface area contributed by atoms with Gasteiger partial charge in [0.25, 0.3) is 0 Å². The van der Waals surface area contributed by atoms with E-state index in [9.17, 15) is 14.3 Å². The van der Waals surface area contributed by atoms with E-state index in [2.05, 4.69) is 15.5 Å². The van der Waals surface area contributed by atoms with Crippen LogP contribution in [0.1, 0.15) is 11.1 Å². The van der Waals surface area contributed by atoms with Crippen molar-refractivity contribution >= 4 is 29.1 Å². The first-order chi connectivity index (χ1) is 12.5. The Morgan fingerprint density at radius 3 is 2.81 bits per heavy atom. The fraction of sp³-hybridized carbons (Fsp3) is 0.167. The van der Waals surface area contributed by atoms with E-state index in [1.165, 1.54) is 43.3 Å². The topological polar surface area (TPSA) is 83.3 Å². The number of rotatable bonds is 5. The van der Waals surface area contributed by atoms with Gasteiger partial charge in [-0.25, -0.2) is 4.39 Å². The number of hydrogen-bond acceptors (Lipinski definition) is 6. The molecule has 2 aromatic rings. The van der Waals surface area contributed by atoms with E-state index in [1.54, 1.807) is 24.3 Å². The number of amides is 1. The van der Waals surface area contributed by atoms with E-state index in [0.29, 0.717) is 22.9 Å². The number of ether oxygens (including phenoxy) is 1. The maximum absolute atomic E-state index is 12.9. The van der Waals surface area contributed by atoms with Gasteiger partial charge in [-0.3, -0.25) is 4.79 Å². The predicted molar refractivity (Wildman–Crippen MR) is 99.3 cm³/mol. The molecule has 0 aromatic heterocycles. The maximum atomic E-state index is 12.9. The minimum Gasteiger partial charge on any atom is -0.504 e. The largest absolute Gasteiger partial charge is 0.504 e. The highest BCUT2D eigenvalue weighted by molar-refractivity contribution is 8.15. The molecule has 1 amide bonds. The Balaban J connectivity index is 1.63. The lowest BCUT2D eigenvalue weighted by Gasteiger charge is -2.04. The highest BCUT2D eigenvalue weighted by Crippen LogP contribution is 2.26. The number of methoxy groups -OCH3 is 1. The summed E-state index contributed by atoms with van der Waals surface area (Å²) in [6.45, 7) is 0. The van der Waals surface area contributed by atoms with Crippen LogP contribution in [-0.4, -0.2) is 34.8 Å². The molecular weight excluding hydrogens is 357 g/mol. The number of carbonyl (C=O) groups is 1. The highest BCUT2D eigenvalue weighted by atomic mass is 32.2. The fourth-order valence-electron chi connectivity index (χ4n) is 2.34. The zero-order chi connectivity index (χ0) is 18.5. The molecule has 0 unspecified atom stereocenters. The quantitative estimate of drug-likeness (QED) is 0.624.